The standard InChI is InChI=1S/C27H28F3N7O4S/c1-14(15-5-8-17(28)9-6-15)41-19-11-16(7-10-18(19)37-42(39,40)26(29)30)23-22(24(31)38)25(36-35-23)34-21-13-32-20(12-33-21)27(2,3)4/h5-14,26,37H,1-4H3,(H2,31,38)(H2,33,34,35,36)/t14-/m0/s1. The van der Waals surface area contributed by atoms with Crippen LogP contribution in [0.5, 0.6) is 5.75 Å². The molecule has 11 nitrogen and oxygen atoms in total. The van der Waals surface area contributed by atoms with Crippen molar-refractivity contribution < 1.29 is 31.1 Å². The number of nitrogens with zero attached hydrogens (tertiary/aromatic N) is 3. The van der Waals surface area contributed by atoms with Gasteiger partial charge in [-0.3, -0.25) is 19.6 Å². The van der Waals surface area contributed by atoms with Crippen molar-refractivity contribution in [2.24, 2.45) is 5.73 Å². The Kier molecular flexibility index (Phi) is 8.43. The number of aromatic amines is 1. The van der Waals surface area contributed by atoms with E-state index in [1.165, 1.54) is 48.7 Å². The molecule has 0 aliphatic heterocycles. The van der Waals surface area contributed by atoms with Crippen molar-refractivity contribution in [1.82, 2.24) is 20.2 Å². The molecule has 222 valence electrons. The Bertz CT molecular complexity index is 1690. The number of nitrogens with one attached hydrogen (secondary N) is 3. The lowest BCUT2D eigenvalue weighted by Crippen LogP contribution is -2.21. The second-order valence-electron chi connectivity index (χ2n) is 10.3. The summed E-state index contributed by atoms with van der Waals surface area (Å²) in [6.07, 6.45) is 2.31. The highest BCUT2D eigenvalue weighted by Crippen LogP contribution is 2.37. The van der Waals surface area contributed by atoms with Gasteiger partial charge in [0.25, 0.3) is 15.9 Å². The molecule has 1 amide bonds. The number of aromatic nitrogens is 4. The van der Waals surface area contributed by atoms with Crippen LogP contribution in [0.3, 0.4) is 0 Å². The lowest BCUT2D eigenvalue weighted by molar-refractivity contribution is 0.100. The average Bonchev–Trinajstić information content (AvgIpc) is 3.33. The van der Waals surface area contributed by atoms with Crippen LogP contribution in [0.25, 0.3) is 11.3 Å². The molecule has 42 heavy (non-hydrogen) atoms. The Morgan fingerprint density at radius 2 is 1.76 bits per heavy atom. The first-order chi connectivity index (χ1) is 19.7. The molecule has 0 radical (unpaired) electrons. The quantitative estimate of drug-likeness (QED) is 0.191. The van der Waals surface area contributed by atoms with E-state index in [0.717, 1.165) is 5.69 Å². The molecule has 4 aromatic rings. The minimum absolute atomic E-state index is 0.0601. The van der Waals surface area contributed by atoms with Crippen molar-refractivity contribution in [3.8, 4) is 17.0 Å². The lowest BCUT2D eigenvalue weighted by Gasteiger charge is -2.19. The number of benzene rings is 2. The van der Waals surface area contributed by atoms with Gasteiger partial charge < -0.3 is 15.8 Å². The van der Waals surface area contributed by atoms with Gasteiger partial charge in [0.1, 0.15) is 40.6 Å². The van der Waals surface area contributed by atoms with E-state index in [1.54, 1.807) is 13.1 Å². The fourth-order valence-electron chi connectivity index (χ4n) is 3.83. The SMILES string of the molecule is C[C@H](Oc1cc(-c2n[nH]c(Nc3cnc(C(C)(C)C)cn3)c2C(N)=O)ccc1NS(=O)(=O)C(F)F)c1ccc(F)cc1. The van der Waals surface area contributed by atoms with Crippen LogP contribution >= 0.6 is 0 Å². The van der Waals surface area contributed by atoms with E-state index in [9.17, 15) is 26.4 Å². The molecule has 1 atom stereocenters. The number of hydrogen-bond acceptors (Lipinski definition) is 8. The van der Waals surface area contributed by atoms with Gasteiger partial charge in [0.05, 0.1) is 23.8 Å². The van der Waals surface area contributed by atoms with E-state index in [0.29, 0.717) is 11.4 Å². The molecule has 0 bridgehead atoms. The van der Waals surface area contributed by atoms with Gasteiger partial charge >= 0.3 is 5.76 Å². The minimum atomic E-state index is -5.05. The van der Waals surface area contributed by atoms with E-state index < -0.39 is 33.6 Å². The molecule has 2 aromatic heterocycles. The van der Waals surface area contributed by atoms with Gasteiger partial charge in [-0.15, -0.1) is 0 Å². The number of sulfonamides is 1. The first-order valence-corrected chi connectivity index (χ1v) is 14.0. The number of primary amides is 1. The molecule has 0 fully saturated rings. The van der Waals surface area contributed by atoms with Crippen LogP contribution in [-0.2, 0) is 15.4 Å². The maximum Gasteiger partial charge on any atom is 0.355 e. The fraction of sp³-hybridized carbons (Fsp3) is 0.259. The largest absolute Gasteiger partial charge is 0.484 e. The molecule has 4 rings (SSSR count). The van der Waals surface area contributed by atoms with Crippen molar-refractivity contribution in [2.45, 2.75) is 45.0 Å². The number of anilines is 3. The summed E-state index contributed by atoms with van der Waals surface area (Å²) in [6.45, 7) is 7.55. The highest BCUT2D eigenvalue weighted by atomic mass is 32.2. The first kappa shape index (κ1) is 30.3. The summed E-state index contributed by atoms with van der Waals surface area (Å²) < 4.78 is 71.3. The van der Waals surface area contributed by atoms with E-state index in [1.807, 2.05) is 25.5 Å². The molecule has 2 heterocycles. The average molecular weight is 604 g/mol. The van der Waals surface area contributed by atoms with Crippen LogP contribution in [0.1, 0.15) is 55.4 Å². The zero-order valence-electron chi connectivity index (χ0n) is 22.9. The zero-order chi connectivity index (χ0) is 30.8. The number of H-pyrrole nitrogens is 1. The number of nitrogens with two attached hydrogens (primary N) is 1. The van der Waals surface area contributed by atoms with Crippen molar-refractivity contribution in [2.75, 3.05) is 10.0 Å². The summed E-state index contributed by atoms with van der Waals surface area (Å²) in [6, 6.07) is 9.19. The molecular weight excluding hydrogens is 575 g/mol. The second-order valence-corrected chi connectivity index (χ2v) is 11.9. The number of alkyl halides is 2. The Hall–Kier alpha value is -4.66. The maximum absolute atomic E-state index is 13.4. The fourth-order valence-corrected chi connectivity index (χ4v) is 4.39. The molecule has 0 aliphatic carbocycles. The summed E-state index contributed by atoms with van der Waals surface area (Å²) in [5, 5.41) is 9.80. The molecule has 0 saturated carbocycles. The van der Waals surface area contributed by atoms with Crippen molar-refractivity contribution >= 4 is 33.3 Å². The summed E-state index contributed by atoms with van der Waals surface area (Å²) in [4.78, 5) is 21.2. The third-order valence-corrected chi connectivity index (χ3v) is 7.04. The van der Waals surface area contributed by atoms with E-state index in [-0.39, 0.29) is 39.5 Å². The predicted octanol–water partition coefficient (Wildman–Crippen LogP) is 5.25. The number of ether oxygens (including phenoxy) is 1. The number of hydrogen-bond donors (Lipinski definition) is 4. The zero-order valence-corrected chi connectivity index (χ0v) is 23.8. The van der Waals surface area contributed by atoms with E-state index in [2.05, 4.69) is 25.5 Å². The molecule has 5 N–H and O–H groups in total. The van der Waals surface area contributed by atoms with Crippen LogP contribution in [0.2, 0.25) is 0 Å². The van der Waals surface area contributed by atoms with Gasteiger partial charge in [0, 0.05) is 11.0 Å². The minimum Gasteiger partial charge on any atom is -0.484 e. The third-order valence-electron chi connectivity index (χ3n) is 6.07. The molecule has 15 heteroatoms. The van der Waals surface area contributed by atoms with Gasteiger partial charge in [-0.05, 0) is 36.8 Å². The normalized spacial score (nSPS) is 12.7. The second kappa shape index (κ2) is 11.7. The Balaban J connectivity index is 1.73. The van der Waals surface area contributed by atoms with Gasteiger partial charge in [0.15, 0.2) is 0 Å². The van der Waals surface area contributed by atoms with E-state index in [4.69, 9.17) is 10.5 Å². The summed E-state index contributed by atoms with van der Waals surface area (Å²) >= 11 is 0. The van der Waals surface area contributed by atoms with Gasteiger partial charge in [-0.1, -0.05) is 39.0 Å². The van der Waals surface area contributed by atoms with Crippen LogP contribution in [0.15, 0.2) is 54.9 Å². The summed E-state index contributed by atoms with van der Waals surface area (Å²) in [5.41, 5.74) is 6.66. The Labute approximate surface area is 239 Å². The summed E-state index contributed by atoms with van der Waals surface area (Å²) in [7, 11) is -5.05. The number of halogens is 3. The topological polar surface area (TPSA) is 165 Å². The van der Waals surface area contributed by atoms with Crippen LogP contribution in [0, 0.1) is 5.82 Å². The first-order valence-electron chi connectivity index (χ1n) is 12.5. The number of carbonyl (C=O) groups excluding carboxylic acids is 1. The number of rotatable bonds is 10. The number of amides is 1. The van der Waals surface area contributed by atoms with Crippen molar-refractivity contribution in [3.05, 3.63) is 77.5 Å². The van der Waals surface area contributed by atoms with Crippen LogP contribution < -0.4 is 20.5 Å². The highest BCUT2D eigenvalue weighted by molar-refractivity contribution is 7.93. The predicted molar refractivity (Wildman–Crippen MR) is 151 cm³/mol. The molecule has 0 aliphatic rings. The molecule has 0 spiro atoms. The maximum atomic E-state index is 13.4. The van der Waals surface area contributed by atoms with Crippen LogP contribution in [-0.4, -0.2) is 40.2 Å². The number of carbonyl (C=O) groups is 1. The molecular formula is C27H28F3N7O4S. The Morgan fingerprint density at radius 1 is 1.07 bits per heavy atom. The Morgan fingerprint density at radius 3 is 2.33 bits per heavy atom. The lowest BCUT2D eigenvalue weighted by atomic mass is 9.93. The van der Waals surface area contributed by atoms with Crippen molar-refractivity contribution in [3.63, 3.8) is 0 Å². The van der Waals surface area contributed by atoms with Gasteiger partial charge in [0.2, 0.25) is 0 Å². The van der Waals surface area contributed by atoms with Crippen molar-refractivity contribution in [1.29, 1.82) is 0 Å². The monoisotopic (exact) mass is 603 g/mol. The van der Waals surface area contributed by atoms with Gasteiger partial charge in [-0.2, -0.15) is 13.9 Å². The molecule has 0 unspecified atom stereocenters. The third kappa shape index (κ3) is 6.79. The summed E-state index contributed by atoms with van der Waals surface area (Å²) in [5.74, 6) is -4.79. The van der Waals surface area contributed by atoms with Gasteiger partial charge in [-0.25, -0.2) is 17.8 Å². The smallest absolute Gasteiger partial charge is 0.355 e. The highest BCUT2D eigenvalue weighted by Gasteiger charge is 2.27. The van der Waals surface area contributed by atoms with E-state index >= 15 is 0 Å². The van der Waals surface area contributed by atoms with Crippen LogP contribution in [0.4, 0.5) is 30.5 Å². The molecule has 2 aromatic carbocycles. The molecule has 0 saturated heterocycles.